The van der Waals surface area contributed by atoms with E-state index in [9.17, 15) is 0 Å². The number of pyridine rings is 1. The van der Waals surface area contributed by atoms with E-state index < -0.39 is 0 Å². The van der Waals surface area contributed by atoms with Crippen LogP contribution in [-0.4, -0.2) is 36.2 Å². The van der Waals surface area contributed by atoms with Crippen LogP contribution in [0.5, 0.6) is 5.75 Å². The second kappa shape index (κ2) is 5.66. The molecule has 0 N–H and O–H groups in total. The van der Waals surface area contributed by atoms with Crippen LogP contribution in [-0.2, 0) is 0 Å². The highest BCUT2D eigenvalue weighted by molar-refractivity contribution is 5.75. The molecule has 4 aromatic heterocycles. The van der Waals surface area contributed by atoms with Gasteiger partial charge in [-0.15, -0.1) is 5.10 Å². The first-order chi connectivity index (χ1) is 12.8. The van der Waals surface area contributed by atoms with Crippen molar-refractivity contribution in [3.05, 3.63) is 67.4 Å². The molecular formula is C19H14N6O. The summed E-state index contributed by atoms with van der Waals surface area (Å²) < 4.78 is 9.22. The van der Waals surface area contributed by atoms with Gasteiger partial charge < -0.3 is 4.74 Å². The summed E-state index contributed by atoms with van der Waals surface area (Å²) in [7, 11) is 1.67. The van der Waals surface area contributed by atoms with Gasteiger partial charge in [0.1, 0.15) is 17.6 Å². The van der Waals surface area contributed by atoms with Crippen molar-refractivity contribution in [1.82, 2.24) is 29.1 Å². The van der Waals surface area contributed by atoms with Crippen molar-refractivity contribution < 1.29 is 4.74 Å². The van der Waals surface area contributed by atoms with Crippen molar-refractivity contribution in [1.29, 1.82) is 0 Å². The molecule has 4 heterocycles. The summed E-state index contributed by atoms with van der Waals surface area (Å²) in [6, 6.07) is 13.8. The number of nitrogens with zero attached hydrogens (tertiary/aromatic N) is 6. The first kappa shape index (κ1) is 14.6. The minimum Gasteiger partial charge on any atom is -0.496 e. The summed E-state index contributed by atoms with van der Waals surface area (Å²) in [6.07, 6.45) is 6.96. The molecular weight excluding hydrogens is 328 g/mol. The molecule has 126 valence electrons. The predicted octanol–water partition coefficient (Wildman–Crippen LogP) is 3.14. The topological polar surface area (TPSA) is 70.1 Å². The Balaban J connectivity index is 1.73. The minimum absolute atomic E-state index is 0.540. The van der Waals surface area contributed by atoms with Crippen molar-refractivity contribution >= 4 is 16.6 Å². The molecule has 0 unspecified atom stereocenters. The number of imidazole rings is 1. The van der Waals surface area contributed by atoms with Crippen molar-refractivity contribution in [2.45, 2.75) is 0 Å². The SMILES string of the molecule is COc1ccccc1-c1ccc2cnc(-n3cnc4cnccc43)nn12. The summed E-state index contributed by atoms with van der Waals surface area (Å²) in [5.74, 6) is 1.34. The monoisotopic (exact) mass is 342 g/mol. The molecule has 26 heavy (non-hydrogen) atoms. The van der Waals surface area contributed by atoms with Gasteiger partial charge >= 0.3 is 0 Å². The van der Waals surface area contributed by atoms with E-state index in [1.165, 1.54) is 0 Å². The van der Waals surface area contributed by atoms with Gasteiger partial charge in [-0.3, -0.25) is 9.55 Å². The van der Waals surface area contributed by atoms with Crippen LogP contribution in [0.1, 0.15) is 0 Å². The van der Waals surface area contributed by atoms with Crippen LogP contribution < -0.4 is 4.74 Å². The maximum atomic E-state index is 5.50. The number of rotatable bonds is 3. The van der Waals surface area contributed by atoms with Crippen LogP contribution in [0, 0.1) is 0 Å². The van der Waals surface area contributed by atoms with Crippen LogP contribution in [0.3, 0.4) is 0 Å². The number of methoxy groups -OCH3 is 1. The number of fused-ring (bicyclic) bond motifs is 2. The maximum Gasteiger partial charge on any atom is 0.253 e. The molecule has 0 fully saturated rings. The second-order valence-corrected chi connectivity index (χ2v) is 5.79. The van der Waals surface area contributed by atoms with Crippen LogP contribution in [0.2, 0.25) is 0 Å². The van der Waals surface area contributed by atoms with Crippen LogP contribution in [0.4, 0.5) is 0 Å². The van der Waals surface area contributed by atoms with Gasteiger partial charge in [0.05, 0.1) is 36.2 Å². The van der Waals surface area contributed by atoms with Crippen LogP contribution in [0.25, 0.3) is 33.8 Å². The Hall–Kier alpha value is -3.74. The van der Waals surface area contributed by atoms with Gasteiger partial charge in [-0.25, -0.2) is 14.5 Å². The van der Waals surface area contributed by atoms with E-state index in [4.69, 9.17) is 9.84 Å². The van der Waals surface area contributed by atoms with Gasteiger partial charge in [0, 0.05) is 11.8 Å². The van der Waals surface area contributed by atoms with E-state index in [2.05, 4.69) is 15.0 Å². The van der Waals surface area contributed by atoms with E-state index in [1.807, 2.05) is 51.5 Å². The third-order valence-corrected chi connectivity index (χ3v) is 4.33. The fourth-order valence-electron chi connectivity index (χ4n) is 3.09. The van der Waals surface area contributed by atoms with Gasteiger partial charge in [0.25, 0.3) is 5.95 Å². The smallest absolute Gasteiger partial charge is 0.253 e. The van der Waals surface area contributed by atoms with Crippen LogP contribution >= 0.6 is 0 Å². The highest BCUT2D eigenvalue weighted by atomic mass is 16.5. The Labute approximate surface area is 148 Å². The van der Waals surface area contributed by atoms with Crippen molar-refractivity contribution in [2.24, 2.45) is 0 Å². The van der Waals surface area contributed by atoms with Gasteiger partial charge in [0.15, 0.2) is 0 Å². The minimum atomic E-state index is 0.540. The highest BCUT2D eigenvalue weighted by Crippen LogP contribution is 2.30. The molecule has 1 aromatic carbocycles. The Kier molecular flexibility index (Phi) is 3.18. The standard InChI is InChI=1S/C19H14N6O/c1-26-18-5-3-2-4-14(18)16-7-6-13-10-21-19(23-25(13)16)24-12-22-15-11-20-9-8-17(15)24/h2-12H,1H3. The maximum absolute atomic E-state index is 5.50. The Morgan fingerprint density at radius 1 is 0.962 bits per heavy atom. The zero-order valence-corrected chi connectivity index (χ0v) is 13.9. The number of hydrogen-bond acceptors (Lipinski definition) is 5. The third-order valence-electron chi connectivity index (χ3n) is 4.33. The third kappa shape index (κ3) is 2.14. The quantitative estimate of drug-likeness (QED) is 0.504. The summed E-state index contributed by atoms with van der Waals surface area (Å²) in [5.41, 5.74) is 4.52. The lowest BCUT2D eigenvalue weighted by Crippen LogP contribution is -2.05. The number of aromatic nitrogens is 6. The Bertz CT molecular complexity index is 1240. The Morgan fingerprint density at radius 2 is 1.88 bits per heavy atom. The number of ether oxygens (including phenoxy) is 1. The molecule has 0 bridgehead atoms. The van der Waals surface area contributed by atoms with E-state index >= 15 is 0 Å². The molecule has 0 atom stereocenters. The summed E-state index contributed by atoms with van der Waals surface area (Å²) in [6.45, 7) is 0. The molecule has 0 saturated heterocycles. The van der Waals surface area contributed by atoms with Gasteiger partial charge in [-0.2, -0.15) is 0 Å². The Morgan fingerprint density at radius 3 is 2.81 bits per heavy atom. The van der Waals surface area contributed by atoms with E-state index in [-0.39, 0.29) is 0 Å². The average Bonchev–Trinajstić information content (AvgIpc) is 3.31. The molecule has 7 nitrogen and oxygen atoms in total. The predicted molar refractivity (Wildman–Crippen MR) is 97.4 cm³/mol. The fraction of sp³-hybridized carbons (Fsp3) is 0.0526. The zero-order chi connectivity index (χ0) is 17.5. The van der Waals surface area contributed by atoms with Crippen LogP contribution in [0.15, 0.2) is 67.4 Å². The molecule has 0 aliphatic carbocycles. The van der Waals surface area contributed by atoms with E-state index in [0.29, 0.717) is 5.95 Å². The fourth-order valence-corrected chi connectivity index (χ4v) is 3.09. The number of hydrogen-bond donors (Lipinski definition) is 0. The van der Waals surface area contributed by atoms with Gasteiger partial charge in [-0.1, -0.05) is 12.1 Å². The molecule has 0 aliphatic heterocycles. The highest BCUT2D eigenvalue weighted by Gasteiger charge is 2.13. The molecule has 0 amide bonds. The zero-order valence-electron chi connectivity index (χ0n) is 13.9. The lowest BCUT2D eigenvalue weighted by molar-refractivity contribution is 0.416. The second-order valence-electron chi connectivity index (χ2n) is 5.79. The van der Waals surface area contributed by atoms with Crippen molar-refractivity contribution in [3.8, 4) is 23.0 Å². The normalized spacial score (nSPS) is 11.3. The first-order valence-corrected chi connectivity index (χ1v) is 8.11. The van der Waals surface area contributed by atoms with Crippen molar-refractivity contribution in [3.63, 3.8) is 0 Å². The number of para-hydroxylation sites is 1. The molecule has 7 heteroatoms. The summed E-state index contributed by atoms with van der Waals surface area (Å²) >= 11 is 0. The average molecular weight is 342 g/mol. The summed E-state index contributed by atoms with van der Waals surface area (Å²) in [5, 5.41) is 4.73. The molecule has 5 aromatic rings. The first-order valence-electron chi connectivity index (χ1n) is 8.11. The van der Waals surface area contributed by atoms with E-state index in [0.717, 1.165) is 33.6 Å². The molecule has 0 radical (unpaired) electrons. The molecule has 0 spiro atoms. The lowest BCUT2D eigenvalue weighted by atomic mass is 10.1. The summed E-state index contributed by atoms with van der Waals surface area (Å²) in [4.78, 5) is 12.9. The largest absolute Gasteiger partial charge is 0.496 e. The molecule has 0 aliphatic rings. The van der Waals surface area contributed by atoms with Crippen molar-refractivity contribution in [2.75, 3.05) is 7.11 Å². The van der Waals surface area contributed by atoms with Gasteiger partial charge in [0.2, 0.25) is 0 Å². The lowest BCUT2D eigenvalue weighted by Gasteiger charge is -2.09. The number of benzene rings is 1. The van der Waals surface area contributed by atoms with Gasteiger partial charge in [-0.05, 0) is 30.3 Å². The molecule has 0 saturated carbocycles. The van der Waals surface area contributed by atoms with E-state index in [1.54, 1.807) is 32.0 Å². The molecule has 5 rings (SSSR count).